The molecule has 42 heavy (non-hydrogen) atoms. The van der Waals surface area contributed by atoms with Crippen LogP contribution in [0.1, 0.15) is 54.7 Å². The molecule has 3 aromatic rings. The predicted molar refractivity (Wildman–Crippen MR) is 159 cm³/mol. The van der Waals surface area contributed by atoms with Gasteiger partial charge in [-0.1, -0.05) is 78.9 Å². The summed E-state index contributed by atoms with van der Waals surface area (Å²) in [7, 11) is 0. The normalized spacial score (nSPS) is 18.4. The molecule has 1 heterocycles. The van der Waals surface area contributed by atoms with Gasteiger partial charge in [-0.05, 0) is 59.4 Å². The van der Waals surface area contributed by atoms with Gasteiger partial charge in [0.2, 0.25) is 5.91 Å². The number of carbonyl (C=O) groups is 3. The van der Waals surface area contributed by atoms with E-state index in [-0.39, 0.29) is 30.8 Å². The molecule has 3 aromatic carbocycles. The highest BCUT2D eigenvalue weighted by molar-refractivity contribution is 5.87. The fraction of sp³-hybridized carbons (Fsp3) is 0.382. The Labute approximate surface area is 246 Å². The first-order valence-electron chi connectivity index (χ1n) is 14.8. The van der Waals surface area contributed by atoms with Crippen molar-refractivity contribution in [2.24, 2.45) is 5.92 Å². The van der Waals surface area contributed by atoms with E-state index in [2.05, 4.69) is 51.9 Å². The minimum Gasteiger partial charge on any atom is -0.481 e. The maximum absolute atomic E-state index is 13.6. The number of carboxylic acids is 1. The molecule has 1 atom stereocenters. The molecule has 2 amide bonds. The lowest BCUT2D eigenvalue weighted by molar-refractivity contribution is -0.140. The number of fused-ring (bicyclic) bond motifs is 3. The maximum atomic E-state index is 13.6. The summed E-state index contributed by atoms with van der Waals surface area (Å²) < 4.78 is 5.72. The van der Waals surface area contributed by atoms with Crippen LogP contribution < -0.4 is 10.6 Å². The second kappa shape index (κ2) is 12.0. The molecular formula is C34H37N3O5. The fourth-order valence-corrected chi connectivity index (χ4v) is 6.55. The number of hydrogen-bond acceptors (Lipinski definition) is 5. The Bertz CT molecular complexity index is 1400. The van der Waals surface area contributed by atoms with E-state index in [1.54, 1.807) is 0 Å². The quantitative estimate of drug-likeness (QED) is 0.321. The minimum atomic E-state index is -0.945. The SMILES string of the molecule is O=C(O)CC1(NC(=O)C(NC(=O)OCC2c3ccccc3-c3ccccc32)C2CC2)CCN(Cc2ccccc2)CC1. The largest absolute Gasteiger partial charge is 0.481 e. The number of benzene rings is 3. The summed E-state index contributed by atoms with van der Waals surface area (Å²) in [5.74, 6) is -1.33. The summed E-state index contributed by atoms with van der Waals surface area (Å²) in [6, 6.07) is 25.7. The van der Waals surface area contributed by atoms with E-state index in [0.717, 1.165) is 41.6 Å². The Morgan fingerprint density at radius 1 is 0.881 bits per heavy atom. The summed E-state index contributed by atoms with van der Waals surface area (Å²) in [6.45, 7) is 2.30. The van der Waals surface area contributed by atoms with Crippen LogP contribution in [0.15, 0.2) is 78.9 Å². The highest BCUT2D eigenvalue weighted by atomic mass is 16.5. The number of rotatable bonds is 10. The molecule has 2 aliphatic carbocycles. The summed E-state index contributed by atoms with van der Waals surface area (Å²) in [5, 5.41) is 15.6. The van der Waals surface area contributed by atoms with Crippen LogP contribution in [0.4, 0.5) is 4.79 Å². The average molecular weight is 568 g/mol. The molecule has 8 nitrogen and oxygen atoms in total. The monoisotopic (exact) mass is 567 g/mol. The fourth-order valence-electron chi connectivity index (χ4n) is 6.55. The molecule has 1 saturated heterocycles. The molecule has 0 spiro atoms. The number of likely N-dealkylation sites (tertiary alicyclic amines) is 1. The summed E-state index contributed by atoms with van der Waals surface area (Å²) >= 11 is 0. The number of carbonyl (C=O) groups excluding carboxylic acids is 2. The third kappa shape index (κ3) is 6.19. The zero-order valence-corrected chi connectivity index (χ0v) is 23.6. The Morgan fingerprint density at radius 3 is 2.07 bits per heavy atom. The van der Waals surface area contributed by atoms with Crippen LogP contribution in [-0.4, -0.2) is 59.3 Å². The number of ether oxygens (including phenoxy) is 1. The molecule has 3 N–H and O–H groups in total. The lowest BCUT2D eigenvalue weighted by atomic mass is 9.83. The first kappa shape index (κ1) is 28.0. The van der Waals surface area contributed by atoms with Crippen LogP contribution in [0.3, 0.4) is 0 Å². The highest BCUT2D eigenvalue weighted by Gasteiger charge is 2.43. The minimum absolute atomic E-state index is 0.0190. The van der Waals surface area contributed by atoms with Gasteiger partial charge in [0.1, 0.15) is 12.6 Å². The van der Waals surface area contributed by atoms with E-state index in [9.17, 15) is 19.5 Å². The number of piperidine rings is 1. The van der Waals surface area contributed by atoms with Crippen molar-refractivity contribution in [3.05, 3.63) is 95.6 Å². The maximum Gasteiger partial charge on any atom is 0.407 e. The third-order valence-electron chi connectivity index (χ3n) is 8.93. The third-order valence-corrected chi connectivity index (χ3v) is 8.93. The van der Waals surface area contributed by atoms with E-state index in [0.29, 0.717) is 25.9 Å². The van der Waals surface area contributed by atoms with Gasteiger partial charge in [-0.3, -0.25) is 14.5 Å². The van der Waals surface area contributed by atoms with Gasteiger partial charge in [0.05, 0.1) is 12.0 Å². The first-order valence-corrected chi connectivity index (χ1v) is 14.8. The summed E-state index contributed by atoms with van der Waals surface area (Å²) in [5.41, 5.74) is 4.89. The van der Waals surface area contributed by atoms with Gasteiger partial charge < -0.3 is 20.5 Å². The van der Waals surface area contributed by atoms with Crippen LogP contribution in [0.25, 0.3) is 11.1 Å². The van der Waals surface area contributed by atoms with E-state index in [1.165, 1.54) is 5.56 Å². The lowest BCUT2D eigenvalue weighted by Crippen LogP contribution is -2.60. The van der Waals surface area contributed by atoms with Crippen LogP contribution in [0.2, 0.25) is 0 Å². The Hall–Kier alpha value is -4.17. The van der Waals surface area contributed by atoms with Crippen LogP contribution in [-0.2, 0) is 20.9 Å². The molecule has 0 radical (unpaired) electrons. The molecule has 218 valence electrons. The number of amides is 2. The summed E-state index contributed by atoms with van der Waals surface area (Å²) in [6.07, 6.45) is 1.94. The van der Waals surface area contributed by atoms with Crippen LogP contribution in [0.5, 0.6) is 0 Å². The number of alkyl carbamates (subject to hydrolysis) is 1. The van der Waals surface area contributed by atoms with Gasteiger partial charge in [0.15, 0.2) is 0 Å². The zero-order valence-electron chi connectivity index (χ0n) is 23.6. The van der Waals surface area contributed by atoms with Crippen molar-refractivity contribution in [1.82, 2.24) is 15.5 Å². The molecule has 8 heteroatoms. The van der Waals surface area contributed by atoms with E-state index < -0.39 is 23.6 Å². The average Bonchev–Trinajstić information content (AvgIpc) is 3.78. The molecule has 1 aliphatic heterocycles. The van der Waals surface area contributed by atoms with Crippen LogP contribution in [0, 0.1) is 5.92 Å². The molecule has 3 aliphatic rings. The van der Waals surface area contributed by atoms with Crippen molar-refractivity contribution in [3.63, 3.8) is 0 Å². The van der Waals surface area contributed by atoms with Gasteiger partial charge >= 0.3 is 12.1 Å². The van der Waals surface area contributed by atoms with Crippen LogP contribution >= 0.6 is 0 Å². The second-order valence-electron chi connectivity index (χ2n) is 11.9. The Morgan fingerprint density at radius 2 is 1.48 bits per heavy atom. The second-order valence-corrected chi connectivity index (χ2v) is 11.9. The Balaban J connectivity index is 1.08. The molecule has 6 rings (SSSR count). The summed E-state index contributed by atoms with van der Waals surface area (Å²) in [4.78, 5) is 40.7. The van der Waals surface area contributed by atoms with E-state index >= 15 is 0 Å². The highest BCUT2D eigenvalue weighted by Crippen LogP contribution is 2.44. The Kier molecular flexibility index (Phi) is 7.98. The topological polar surface area (TPSA) is 108 Å². The van der Waals surface area contributed by atoms with E-state index in [4.69, 9.17) is 4.74 Å². The molecule has 0 aromatic heterocycles. The standard InChI is InChI=1S/C34H37N3O5/c38-30(39)20-34(16-18-37(19-17-34)21-23-8-2-1-3-9-23)36-32(40)31(24-14-15-24)35-33(41)42-22-29-27-12-6-4-10-25(27)26-11-5-7-13-28(26)29/h1-13,24,29,31H,14-22H2,(H,35,41)(H,36,40)(H,38,39). The van der Waals surface area contributed by atoms with Gasteiger partial charge in [0.25, 0.3) is 0 Å². The van der Waals surface area contributed by atoms with E-state index in [1.807, 2.05) is 42.5 Å². The van der Waals surface area contributed by atoms with Gasteiger partial charge in [-0.2, -0.15) is 0 Å². The van der Waals surface area contributed by atoms with Crippen molar-refractivity contribution in [2.75, 3.05) is 19.7 Å². The van der Waals surface area contributed by atoms with Crippen molar-refractivity contribution in [2.45, 2.75) is 56.1 Å². The number of nitrogens with zero attached hydrogens (tertiary/aromatic N) is 1. The molecule has 1 saturated carbocycles. The smallest absolute Gasteiger partial charge is 0.407 e. The van der Waals surface area contributed by atoms with Crippen molar-refractivity contribution in [3.8, 4) is 11.1 Å². The molecule has 1 unspecified atom stereocenters. The number of nitrogens with one attached hydrogen (secondary N) is 2. The zero-order chi connectivity index (χ0) is 29.1. The number of hydrogen-bond donors (Lipinski definition) is 3. The molecular weight excluding hydrogens is 530 g/mol. The first-order chi connectivity index (χ1) is 20.4. The van der Waals surface area contributed by atoms with Crippen molar-refractivity contribution < 1.29 is 24.2 Å². The van der Waals surface area contributed by atoms with Gasteiger partial charge in [-0.25, -0.2) is 4.79 Å². The lowest BCUT2D eigenvalue weighted by Gasteiger charge is -2.42. The van der Waals surface area contributed by atoms with Gasteiger partial charge in [0, 0.05) is 25.6 Å². The van der Waals surface area contributed by atoms with Crippen molar-refractivity contribution in [1.29, 1.82) is 0 Å². The predicted octanol–water partition coefficient (Wildman–Crippen LogP) is 4.93. The molecule has 0 bridgehead atoms. The van der Waals surface area contributed by atoms with Crippen molar-refractivity contribution >= 4 is 18.0 Å². The number of aliphatic carboxylic acids is 1. The molecule has 2 fully saturated rings. The number of carboxylic acid groups (broad SMARTS) is 1. The van der Waals surface area contributed by atoms with Gasteiger partial charge in [-0.15, -0.1) is 0 Å².